The van der Waals surface area contributed by atoms with Crippen LogP contribution in [-0.2, 0) is 5.41 Å². The molecular weight excluding hydrogens is 280 g/mol. The minimum absolute atomic E-state index is 0.0693. The van der Waals surface area contributed by atoms with E-state index < -0.39 is 0 Å². The molecule has 2 heteroatoms. The summed E-state index contributed by atoms with van der Waals surface area (Å²) in [5, 5.41) is 9.10. The summed E-state index contributed by atoms with van der Waals surface area (Å²) in [6.45, 7) is 2.21. The van der Waals surface area contributed by atoms with Gasteiger partial charge in [0.25, 0.3) is 0 Å². The van der Waals surface area contributed by atoms with Crippen LogP contribution in [0.2, 0.25) is 0 Å². The van der Waals surface area contributed by atoms with Crippen LogP contribution in [0.3, 0.4) is 0 Å². The molecule has 0 spiro atoms. The van der Waals surface area contributed by atoms with Crippen LogP contribution < -0.4 is 0 Å². The molecule has 1 aliphatic heterocycles. The topological polar surface area (TPSA) is 36.1 Å². The molecule has 0 saturated heterocycles. The van der Waals surface area contributed by atoms with Crippen molar-refractivity contribution in [1.82, 2.24) is 0 Å². The molecule has 2 aromatic rings. The van der Waals surface area contributed by atoms with E-state index in [0.717, 1.165) is 17.8 Å². The third kappa shape index (κ3) is 2.22. The van der Waals surface area contributed by atoms with Crippen LogP contribution in [0.4, 0.5) is 5.69 Å². The van der Waals surface area contributed by atoms with E-state index in [2.05, 4.69) is 54.4 Å². The van der Waals surface area contributed by atoms with Crippen LogP contribution in [0.5, 0.6) is 0 Å². The predicted molar refractivity (Wildman–Crippen MR) is 93.0 cm³/mol. The van der Waals surface area contributed by atoms with Gasteiger partial charge in [-0.25, -0.2) is 4.99 Å². The summed E-state index contributed by atoms with van der Waals surface area (Å²) < 4.78 is 0. The molecule has 0 radical (unpaired) electrons. The van der Waals surface area contributed by atoms with Gasteiger partial charge in [0.2, 0.25) is 0 Å². The lowest BCUT2D eigenvalue weighted by molar-refractivity contribution is 0.598. The average Bonchev–Trinajstić information content (AvgIpc) is 2.58. The number of hydrogen-bond acceptors (Lipinski definition) is 2. The van der Waals surface area contributed by atoms with Crippen LogP contribution in [0.25, 0.3) is 0 Å². The minimum Gasteiger partial charge on any atom is -0.247 e. The van der Waals surface area contributed by atoms with Crippen molar-refractivity contribution >= 4 is 11.4 Å². The maximum Gasteiger partial charge on any atom is 0.0991 e. The van der Waals surface area contributed by atoms with Gasteiger partial charge in [-0.15, -0.1) is 0 Å². The third-order valence-corrected chi connectivity index (χ3v) is 4.69. The molecule has 2 aliphatic rings. The quantitative estimate of drug-likeness (QED) is 0.781. The first kappa shape index (κ1) is 13.7. The lowest BCUT2D eigenvalue weighted by atomic mass is 9.74. The van der Waals surface area contributed by atoms with Crippen molar-refractivity contribution < 1.29 is 0 Å². The van der Waals surface area contributed by atoms with Crippen molar-refractivity contribution in [3.8, 4) is 6.07 Å². The summed E-state index contributed by atoms with van der Waals surface area (Å²) in [4.78, 5) is 4.61. The van der Waals surface area contributed by atoms with Crippen molar-refractivity contribution in [3.63, 3.8) is 0 Å². The summed E-state index contributed by atoms with van der Waals surface area (Å²) in [6.07, 6.45) is 7.57. The molecule has 1 atom stereocenters. The van der Waals surface area contributed by atoms with Gasteiger partial charge in [-0.1, -0.05) is 55.5 Å². The van der Waals surface area contributed by atoms with Gasteiger partial charge in [-0.05, 0) is 35.8 Å². The van der Waals surface area contributed by atoms with Crippen molar-refractivity contribution in [2.45, 2.75) is 18.8 Å². The second-order valence-corrected chi connectivity index (χ2v) is 6.28. The van der Waals surface area contributed by atoms with Crippen LogP contribution in [0, 0.1) is 11.3 Å². The fourth-order valence-electron chi connectivity index (χ4n) is 3.18. The highest BCUT2D eigenvalue weighted by Crippen LogP contribution is 2.38. The molecule has 0 N–H and O–H groups in total. The van der Waals surface area contributed by atoms with Crippen LogP contribution >= 0.6 is 0 Å². The Labute approximate surface area is 136 Å². The molecule has 1 heterocycles. The van der Waals surface area contributed by atoms with Crippen molar-refractivity contribution in [2.24, 2.45) is 4.99 Å². The lowest BCUT2D eigenvalue weighted by Gasteiger charge is -2.30. The highest BCUT2D eigenvalue weighted by atomic mass is 14.8. The molecule has 0 bridgehead atoms. The molecule has 2 nitrogen and oxygen atoms in total. The average molecular weight is 296 g/mol. The maximum absolute atomic E-state index is 9.10. The molecule has 110 valence electrons. The molecular formula is C21H16N2. The number of hydrogen-bond donors (Lipinski definition) is 0. The molecule has 4 rings (SSSR count). The van der Waals surface area contributed by atoms with Crippen molar-refractivity contribution in [1.29, 1.82) is 5.26 Å². The lowest BCUT2D eigenvalue weighted by Crippen LogP contribution is -2.22. The smallest absolute Gasteiger partial charge is 0.0991 e. The van der Waals surface area contributed by atoms with Gasteiger partial charge in [0.15, 0.2) is 0 Å². The zero-order chi connectivity index (χ0) is 15.9. The third-order valence-electron chi connectivity index (χ3n) is 4.69. The Kier molecular flexibility index (Phi) is 3.02. The first-order chi connectivity index (χ1) is 11.2. The molecule has 1 unspecified atom stereocenters. The summed E-state index contributed by atoms with van der Waals surface area (Å²) in [5.41, 5.74) is 6.41. The Morgan fingerprint density at radius 2 is 2.00 bits per heavy atom. The van der Waals surface area contributed by atoms with Gasteiger partial charge >= 0.3 is 0 Å². The second-order valence-electron chi connectivity index (χ2n) is 6.28. The number of rotatable bonds is 2. The van der Waals surface area contributed by atoms with E-state index in [9.17, 15) is 0 Å². The summed E-state index contributed by atoms with van der Waals surface area (Å²) in [6, 6.07) is 18.3. The standard InChI is InChI=1S/C21H16N2/c1-21(17-6-4-5-15(13-17)14-22)11-9-16(10-12-21)20-18-7-2-3-8-19(18)23-20/h2-11,13H,12H2,1H3. The summed E-state index contributed by atoms with van der Waals surface area (Å²) >= 11 is 0. The summed E-state index contributed by atoms with van der Waals surface area (Å²) in [7, 11) is 0. The normalized spacial score (nSPS) is 21.6. The van der Waals surface area contributed by atoms with Gasteiger partial charge in [0.1, 0.15) is 0 Å². The number of fused-ring (bicyclic) bond motifs is 1. The van der Waals surface area contributed by atoms with Crippen LogP contribution in [0.15, 0.2) is 77.3 Å². The fourth-order valence-corrected chi connectivity index (χ4v) is 3.18. The molecule has 1 aliphatic carbocycles. The van der Waals surface area contributed by atoms with Gasteiger partial charge in [0.05, 0.1) is 23.0 Å². The first-order valence-electron chi connectivity index (χ1n) is 7.78. The Bertz CT molecular complexity index is 925. The number of allylic oxidation sites excluding steroid dienone is 4. The number of benzene rings is 2. The molecule has 0 amide bonds. The van der Waals surface area contributed by atoms with Gasteiger partial charge in [-0.3, -0.25) is 0 Å². The molecule has 0 aromatic heterocycles. The Balaban J connectivity index is 1.61. The second kappa shape index (κ2) is 5.07. The fraction of sp³-hybridized carbons (Fsp3) is 0.143. The number of aliphatic imine (C=N–C) groups is 1. The van der Waals surface area contributed by atoms with Crippen LogP contribution in [0.1, 0.15) is 30.0 Å². The number of para-hydroxylation sites is 1. The number of nitriles is 1. The van der Waals surface area contributed by atoms with Crippen molar-refractivity contribution in [3.05, 3.63) is 89.0 Å². The SMILES string of the molecule is CC1(c2cccc(C#N)c2)C=CC(C2=Nc3ccccc32)=CC1. The summed E-state index contributed by atoms with van der Waals surface area (Å²) in [5.74, 6) is 0. The Morgan fingerprint density at radius 3 is 2.74 bits per heavy atom. The van der Waals surface area contributed by atoms with Crippen LogP contribution in [-0.4, -0.2) is 5.71 Å². The molecule has 2 aromatic carbocycles. The highest BCUT2D eigenvalue weighted by Gasteiger charge is 2.28. The molecule has 23 heavy (non-hydrogen) atoms. The Hall–Kier alpha value is -2.92. The maximum atomic E-state index is 9.10. The zero-order valence-corrected chi connectivity index (χ0v) is 13.0. The van der Waals surface area contributed by atoms with E-state index in [1.54, 1.807) is 0 Å². The van der Waals surface area contributed by atoms with E-state index >= 15 is 0 Å². The van der Waals surface area contributed by atoms with E-state index in [1.165, 1.54) is 16.7 Å². The number of nitrogens with zero attached hydrogens (tertiary/aromatic N) is 2. The first-order valence-corrected chi connectivity index (χ1v) is 7.78. The van der Waals surface area contributed by atoms with E-state index in [1.807, 2.05) is 30.3 Å². The zero-order valence-electron chi connectivity index (χ0n) is 13.0. The van der Waals surface area contributed by atoms with Gasteiger partial charge in [-0.2, -0.15) is 5.26 Å². The van der Waals surface area contributed by atoms with Crippen molar-refractivity contribution in [2.75, 3.05) is 0 Å². The molecule has 0 saturated carbocycles. The predicted octanol–water partition coefficient (Wildman–Crippen LogP) is 4.84. The van der Waals surface area contributed by atoms with E-state index in [0.29, 0.717) is 5.56 Å². The Morgan fingerprint density at radius 1 is 1.13 bits per heavy atom. The monoisotopic (exact) mass is 296 g/mol. The molecule has 0 fully saturated rings. The van der Waals surface area contributed by atoms with E-state index in [4.69, 9.17) is 5.26 Å². The van der Waals surface area contributed by atoms with Gasteiger partial charge < -0.3 is 0 Å². The highest BCUT2D eigenvalue weighted by molar-refractivity contribution is 6.23. The minimum atomic E-state index is -0.0693. The largest absolute Gasteiger partial charge is 0.247 e. The van der Waals surface area contributed by atoms with Gasteiger partial charge in [0, 0.05) is 11.0 Å². The van der Waals surface area contributed by atoms with E-state index in [-0.39, 0.29) is 5.41 Å².